The van der Waals surface area contributed by atoms with E-state index < -0.39 is 11.9 Å². The van der Waals surface area contributed by atoms with Crippen LogP contribution in [0.5, 0.6) is 0 Å². The number of ether oxygens (including phenoxy) is 2. The topological polar surface area (TPSA) is 86.7 Å². The van der Waals surface area contributed by atoms with E-state index in [4.69, 9.17) is 9.47 Å². The van der Waals surface area contributed by atoms with Crippen molar-refractivity contribution in [3.8, 4) is 0 Å². The van der Waals surface area contributed by atoms with E-state index in [1.54, 1.807) is 26.0 Å². The largest absolute Gasteiger partial charge is 0.462 e. The van der Waals surface area contributed by atoms with E-state index in [9.17, 15) is 19.2 Å². The summed E-state index contributed by atoms with van der Waals surface area (Å²) in [5.41, 5.74) is 1.11. The molecular weight excluding hydrogens is 360 g/mol. The molecule has 0 spiro atoms. The van der Waals surface area contributed by atoms with Crippen LogP contribution in [0.2, 0.25) is 0 Å². The third kappa shape index (κ3) is 7.70. The molecule has 0 aromatic heterocycles. The van der Waals surface area contributed by atoms with Gasteiger partial charge < -0.3 is 9.47 Å². The SMILES string of the molecule is C=C(C)C(=O)CCCOC(=O)c1ccccc1C(=O)OCCCC(=O)C(=C)C. The summed E-state index contributed by atoms with van der Waals surface area (Å²) in [7, 11) is 0. The smallest absolute Gasteiger partial charge is 0.339 e. The highest BCUT2D eigenvalue weighted by molar-refractivity contribution is 6.03. The summed E-state index contributed by atoms with van der Waals surface area (Å²) in [4.78, 5) is 47.5. The van der Waals surface area contributed by atoms with Crippen molar-refractivity contribution in [1.29, 1.82) is 0 Å². The van der Waals surface area contributed by atoms with Crippen LogP contribution in [0.1, 0.15) is 60.2 Å². The van der Waals surface area contributed by atoms with Gasteiger partial charge in [-0.1, -0.05) is 25.3 Å². The Hall–Kier alpha value is -3.02. The summed E-state index contributed by atoms with van der Waals surface area (Å²) in [6.45, 7) is 10.5. The van der Waals surface area contributed by atoms with Gasteiger partial charge in [0, 0.05) is 12.8 Å². The average Bonchev–Trinajstić information content (AvgIpc) is 2.67. The molecule has 0 aliphatic carbocycles. The minimum Gasteiger partial charge on any atom is -0.462 e. The van der Waals surface area contributed by atoms with Crippen LogP contribution >= 0.6 is 0 Å². The van der Waals surface area contributed by atoms with E-state index in [2.05, 4.69) is 13.2 Å². The average molecular weight is 386 g/mol. The molecule has 1 rings (SSSR count). The number of ketones is 2. The second-order valence-electron chi connectivity index (χ2n) is 6.43. The van der Waals surface area contributed by atoms with Crippen molar-refractivity contribution in [2.45, 2.75) is 39.5 Å². The molecule has 0 unspecified atom stereocenters. The molecule has 0 saturated carbocycles. The van der Waals surface area contributed by atoms with Gasteiger partial charge >= 0.3 is 11.9 Å². The van der Waals surface area contributed by atoms with Gasteiger partial charge in [0.25, 0.3) is 0 Å². The van der Waals surface area contributed by atoms with E-state index in [0.717, 1.165) is 0 Å². The normalized spacial score (nSPS) is 10.1. The Bertz CT molecular complexity index is 710. The van der Waals surface area contributed by atoms with Crippen molar-refractivity contribution in [3.63, 3.8) is 0 Å². The minimum absolute atomic E-state index is 0.0598. The number of carbonyl (C=O) groups is 4. The highest BCUT2D eigenvalue weighted by Crippen LogP contribution is 2.13. The van der Waals surface area contributed by atoms with Crippen molar-refractivity contribution in [1.82, 2.24) is 0 Å². The molecule has 0 radical (unpaired) electrons. The number of allylic oxidation sites excluding steroid dienone is 2. The third-order valence-electron chi connectivity index (χ3n) is 3.88. The van der Waals surface area contributed by atoms with E-state index in [0.29, 0.717) is 24.0 Å². The predicted octanol–water partition coefficient (Wildman–Crippen LogP) is 3.85. The molecule has 1 aromatic rings. The third-order valence-corrected chi connectivity index (χ3v) is 3.88. The highest BCUT2D eigenvalue weighted by atomic mass is 16.5. The van der Waals surface area contributed by atoms with Crippen LogP contribution in [-0.2, 0) is 19.1 Å². The number of carbonyl (C=O) groups excluding carboxylic acids is 4. The molecule has 0 aliphatic rings. The first-order valence-electron chi connectivity index (χ1n) is 9.04. The summed E-state index contributed by atoms with van der Waals surface area (Å²) in [5, 5.41) is 0. The standard InChI is InChI=1S/C22H26O6/c1-15(2)19(23)11-7-13-27-21(25)17-9-5-6-10-18(17)22(26)28-14-8-12-20(24)16(3)4/h5-6,9-10H,1,3,7-8,11-14H2,2,4H3. The number of Topliss-reactive ketones (excluding diaryl/α,β-unsaturated/α-hetero) is 2. The Morgan fingerprint density at radius 3 is 1.43 bits per heavy atom. The fraction of sp³-hybridized carbons (Fsp3) is 0.364. The van der Waals surface area contributed by atoms with Crippen LogP contribution in [0.15, 0.2) is 48.6 Å². The molecule has 0 fully saturated rings. The van der Waals surface area contributed by atoms with Gasteiger partial charge in [0.05, 0.1) is 24.3 Å². The molecule has 28 heavy (non-hydrogen) atoms. The Labute approximate surface area is 165 Å². The van der Waals surface area contributed by atoms with Crippen LogP contribution in [0.3, 0.4) is 0 Å². The highest BCUT2D eigenvalue weighted by Gasteiger charge is 2.19. The van der Waals surface area contributed by atoms with Crippen LogP contribution in [0.4, 0.5) is 0 Å². The number of hydrogen-bond donors (Lipinski definition) is 0. The molecule has 0 amide bonds. The number of hydrogen-bond acceptors (Lipinski definition) is 6. The summed E-state index contributed by atoms with van der Waals surface area (Å²) in [6, 6.07) is 6.18. The number of benzene rings is 1. The lowest BCUT2D eigenvalue weighted by Gasteiger charge is -2.10. The van der Waals surface area contributed by atoms with Crippen molar-refractivity contribution >= 4 is 23.5 Å². The van der Waals surface area contributed by atoms with Gasteiger partial charge in [0.1, 0.15) is 0 Å². The van der Waals surface area contributed by atoms with Gasteiger partial charge in [-0.05, 0) is 50.0 Å². The van der Waals surface area contributed by atoms with Crippen LogP contribution in [0, 0.1) is 0 Å². The molecular formula is C22H26O6. The summed E-state index contributed by atoms with van der Waals surface area (Å²) < 4.78 is 10.3. The maximum absolute atomic E-state index is 12.3. The molecule has 6 nitrogen and oxygen atoms in total. The summed E-state index contributed by atoms with van der Waals surface area (Å²) >= 11 is 0. The van der Waals surface area contributed by atoms with Gasteiger partial charge in [-0.15, -0.1) is 0 Å². The number of esters is 2. The van der Waals surface area contributed by atoms with Gasteiger partial charge in [0.15, 0.2) is 11.6 Å². The van der Waals surface area contributed by atoms with Crippen molar-refractivity contribution in [2.75, 3.05) is 13.2 Å². The lowest BCUT2D eigenvalue weighted by atomic mass is 10.1. The Morgan fingerprint density at radius 2 is 1.11 bits per heavy atom. The maximum Gasteiger partial charge on any atom is 0.339 e. The minimum atomic E-state index is -0.659. The van der Waals surface area contributed by atoms with Gasteiger partial charge in [0.2, 0.25) is 0 Å². The molecule has 0 saturated heterocycles. The van der Waals surface area contributed by atoms with Crippen molar-refractivity contribution in [3.05, 3.63) is 59.7 Å². The number of rotatable bonds is 12. The van der Waals surface area contributed by atoms with Crippen molar-refractivity contribution in [2.24, 2.45) is 0 Å². The first kappa shape index (κ1) is 23.0. The van der Waals surface area contributed by atoms with E-state index in [-0.39, 0.29) is 48.7 Å². The molecule has 1 aromatic carbocycles. The first-order valence-corrected chi connectivity index (χ1v) is 9.04. The lowest BCUT2D eigenvalue weighted by Crippen LogP contribution is -2.15. The van der Waals surface area contributed by atoms with Crippen LogP contribution in [-0.4, -0.2) is 36.7 Å². The Kier molecular flexibility index (Phi) is 9.57. The van der Waals surface area contributed by atoms with Gasteiger partial charge in [-0.25, -0.2) is 9.59 Å². The summed E-state index contributed by atoms with van der Waals surface area (Å²) in [6.07, 6.45) is 1.24. The zero-order valence-electron chi connectivity index (χ0n) is 16.4. The van der Waals surface area contributed by atoms with E-state index in [1.807, 2.05) is 0 Å². The molecule has 0 atom stereocenters. The zero-order chi connectivity index (χ0) is 21.1. The first-order chi connectivity index (χ1) is 13.2. The lowest BCUT2D eigenvalue weighted by molar-refractivity contribution is -0.116. The quantitative estimate of drug-likeness (QED) is 0.308. The van der Waals surface area contributed by atoms with Crippen LogP contribution in [0.25, 0.3) is 0 Å². The fourth-order valence-corrected chi connectivity index (χ4v) is 2.22. The maximum atomic E-state index is 12.3. The van der Waals surface area contributed by atoms with Gasteiger partial charge in [-0.3, -0.25) is 9.59 Å². The zero-order valence-corrected chi connectivity index (χ0v) is 16.4. The second-order valence-corrected chi connectivity index (χ2v) is 6.43. The van der Waals surface area contributed by atoms with Crippen LogP contribution < -0.4 is 0 Å². The molecule has 0 heterocycles. The van der Waals surface area contributed by atoms with Crippen molar-refractivity contribution < 1.29 is 28.7 Å². The molecule has 0 bridgehead atoms. The Morgan fingerprint density at radius 1 is 0.750 bits per heavy atom. The fourth-order valence-electron chi connectivity index (χ4n) is 2.22. The molecule has 0 N–H and O–H groups in total. The molecule has 6 heteroatoms. The Balaban J connectivity index is 2.56. The van der Waals surface area contributed by atoms with Gasteiger partial charge in [-0.2, -0.15) is 0 Å². The predicted molar refractivity (Wildman–Crippen MR) is 105 cm³/mol. The molecule has 150 valence electrons. The van der Waals surface area contributed by atoms with E-state index in [1.165, 1.54) is 12.1 Å². The molecule has 0 aliphatic heterocycles. The van der Waals surface area contributed by atoms with E-state index >= 15 is 0 Å². The second kappa shape index (κ2) is 11.6. The summed E-state index contributed by atoms with van der Waals surface area (Å²) in [5.74, 6) is -1.48. The monoisotopic (exact) mass is 386 g/mol.